The van der Waals surface area contributed by atoms with E-state index < -0.39 is 14.6 Å². The summed E-state index contributed by atoms with van der Waals surface area (Å²) in [6.07, 6.45) is 0.375. The summed E-state index contributed by atoms with van der Waals surface area (Å²) >= 11 is 0. The highest BCUT2D eigenvalue weighted by Crippen LogP contribution is 2.21. The van der Waals surface area contributed by atoms with Crippen LogP contribution in [-0.2, 0) is 14.6 Å². The van der Waals surface area contributed by atoms with Gasteiger partial charge in [0.1, 0.15) is 0 Å². The molecule has 1 aromatic carbocycles. The summed E-state index contributed by atoms with van der Waals surface area (Å²) in [7, 11) is -3.21. The largest absolute Gasteiger partial charge is 0.357 e. The molecule has 2 rings (SSSR count). The number of aliphatic imine (C=N–C) groups is 1. The smallest absolute Gasteiger partial charge is 0.229 e. The number of para-hydroxylation sites is 1. The Morgan fingerprint density at radius 3 is 2.52 bits per heavy atom. The summed E-state index contributed by atoms with van der Waals surface area (Å²) in [6, 6.07) is 9.49. The van der Waals surface area contributed by atoms with E-state index in [0.29, 0.717) is 25.5 Å². The van der Waals surface area contributed by atoms with Gasteiger partial charge in [0.05, 0.1) is 23.1 Å². The van der Waals surface area contributed by atoms with Crippen molar-refractivity contribution in [3.8, 4) is 0 Å². The first-order valence-electron chi connectivity index (χ1n) is 9.26. The summed E-state index contributed by atoms with van der Waals surface area (Å²) < 4.78 is 23.6. The molecule has 1 saturated heterocycles. The molecular weight excluding hydrogens is 364 g/mol. The number of carbonyl (C=O) groups excluding carboxylic acids is 1. The van der Waals surface area contributed by atoms with E-state index in [4.69, 9.17) is 0 Å². The predicted octanol–water partition coefficient (Wildman–Crippen LogP) is 1.56. The number of amides is 1. The van der Waals surface area contributed by atoms with Crippen molar-refractivity contribution in [2.24, 2.45) is 4.99 Å². The summed E-state index contributed by atoms with van der Waals surface area (Å²) in [5, 5.41) is 6.37. The molecule has 1 heterocycles. The van der Waals surface area contributed by atoms with Crippen LogP contribution in [0, 0.1) is 0 Å². The third-order valence-corrected chi connectivity index (χ3v) is 7.03. The Bertz CT molecular complexity index is 770. The average molecular weight is 395 g/mol. The zero-order valence-electron chi connectivity index (χ0n) is 16.5. The maximum absolute atomic E-state index is 12.3. The van der Waals surface area contributed by atoms with Gasteiger partial charge in [0.2, 0.25) is 5.91 Å². The van der Waals surface area contributed by atoms with Crippen LogP contribution in [0.5, 0.6) is 0 Å². The molecule has 1 aliphatic heterocycles. The molecule has 2 N–H and O–H groups in total. The Kier molecular flexibility index (Phi) is 6.86. The van der Waals surface area contributed by atoms with Crippen molar-refractivity contribution >= 4 is 27.4 Å². The molecule has 1 fully saturated rings. The van der Waals surface area contributed by atoms with Gasteiger partial charge in [0, 0.05) is 25.2 Å². The maximum Gasteiger partial charge on any atom is 0.229 e. The van der Waals surface area contributed by atoms with Crippen molar-refractivity contribution < 1.29 is 13.2 Å². The van der Waals surface area contributed by atoms with Crippen LogP contribution in [0.25, 0.3) is 0 Å². The minimum atomic E-state index is -3.21. The molecule has 1 aliphatic rings. The standard InChI is InChI=1S/C19H30N4O3S/c1-5-20-18(21-11-12-27(25,26)19(2,3)4)22-15-13-17(24)23(14-15)16-9-7-6-8-10-16/h6-10,15H,5,11-14H2,1-4H3,(H2,20,21,22). The minimum absolute atomic E-state index is 0.00713. The molecule has 27 heavy (non-hydrogen) atoms. The van der Waals surface area contributed by atoms with E-state index in [9.17, 15) is 13.2 Å². The lowest BCUT2D eigenvalue weighted by molar-refractivity contribution is -0.117. The number of rotatable bonds is 6. The molecule has 1 unspecified atom stereocenters. The first-order valence-corrected chi connectivity index (χ1v) is 10.9. The molecule has 1 atom stereocenters. The summed E-state index contributed by atoms with van der Waals surface area (Å²) in [4.78, 5) is 18.5. The van der Waals surface area contributed by atoms with Crippen molar-refractivity contribution in [2.75, 3.05) is 30.3 Å². The van der Waals surface area contributed by atoms with E-state index in [1.165, 1.54) is 0 Å². The van der Waals surface area contributed by atoms with Gasteiger partial charge in [-0.15, -0.1) is 0 Å². The molecular formula is C19H30N4O3S. The van der Waals surface area contributed by atoms with E-state index in [1.54, 1.807) is 25.7 Å². The van der Waals surface area contributed by atoms with E-state index in [0.717, 1.165) is 5.69 Å². The van der Waals surface area contributed by atoms with Gasteiger partial charge in [0.15, 0.2) is 15.8 Å². The van der Waals surface area contributed by atoms with Gasteiger partial charge in [-0.05, 0) is 39.8 Å². The predicted molar refractivity (Wildman–Crippen MR) is 110 cm³/mol. The van der Waals surface area contributed by atoms with E-state index in [2.05, 4.69) is 15.6 Å². The number of hydrogen-bond acceptors (Lipinski definition) is 4. The topological polar surface area (TPSA) is 90.9 Å². The van der Waals surface area contributed by atoms with Gasteiger partial charge in [-0.1, -0.05) is 18.2 Å². The SMILES string of the molecule is CCNC(=NCCS(=O)(=O)C(C)(C)C)NC1CC(=O)N(c2ccccc2)C1. The lowest BCUT2D eigenvalue weighted by Crippen LogP contribution is -2.45. The summed E-state index contributed by atoms with van der Waals surface area (Å²) in [5.74, 6) is 0.589. The highest BCUT2D eigenvalue weighted by atomic mass is 32.2. The van der Waals surface area contributed by atoms with Crippen LogP contribution in [0.2, 0.25) is 0 Å². The first kappa shape index (κ1) is 21.2. The number of guanidine groups is 1. The fourth-order valence-electron chi connectivity index (χ4n) is 2.76. The number of hydrogen-bond donors (Lipinski definition) is 2. The molecule has 150 valence electrons. The maximum atomic E-state index is 12.3. The van der Waals surface area contributed by atoms with E-state index in [-0.39, 0.29) is 24.2 Å². The second-order valence-corrected chi connectivity index (χ2v) is 10.4. The Hall–Kier alpha value is -2.09. The molecule has 0 saturated carbocycles. The molecule has 8 heteroatoms. The van der Waals surface area contributed by atoms with Gasteiger partial charge in [-0.25, -0.2) is 8.42 Å². The second kappa shape index (κ2) is 8.73. The van der Waals surface area contributed by atoms with Crippen LogP contribution in [0.4, 0.5) is 5.69 Å². The Balaban J connectivity index is 1.99. The molecule has 7 nitrogen and oxygen atoms in total. The van der Waals surface area contributed by atoms with Gasteiger partial charge in [0.25, 0.3) is 0 Å². The molecule has 0 radical (unpaired) electrons. The fraction of sp³-hybridized carbons (Fsp3) is 0.579. The van der Waals surface area contributed by atoms with Crippen molar-refractivity contribution in [3.05, 3.63) is 30.3 Å². The lowest BCUT2D eigenvalue weighted by Gasteiger charge is -2.20. The van der Waals surface area contributed by atoms with Crippen molar-refractivity contribution in [2.45, 2.75) is 44.9 Å². The van der Waals surface area contributed by atoms with Gasteiger partial charge >= 0.3 is 0 Å². The number of nitrogens with one attached hydrogen (secondary N) is 2. The van der Waals surface area contributed by atoms with Gasteiger partial charge in [-0.2, -0.15) is 0 Å². The van der Waals surface area contributed by atoms with E-state index in [1.807, 2.05) is 37.3 Å². The number of anilines is 1. The number of carbonyl (C=O) groups is 1. The molecule has 0 aromatic heterocycles. The van der Waals surface area contributed by atoms with Crippen molar-refractivity contribution in [3.63, 3.8) is 0 Å². The first-order chi connectivity index (χ1) is 12.6. The van der Waals surface area contributed by atoms with E-state index >= 15 is 0 Å². The Morgan fingerprint density at radius 2 is 1.93 bits per heavy atom. The number of sulfone groups is 1. The fourth-order valence-corrected chi connectivity index (χ4v) is 3.70. The van der Waals surface area contributed by atoms with Crippen LogP contribution in [0.3, 0.4) is 0 Å². The molecule has 0 bridgehead atoms. The average Bonchev–Trinajstić information content (AvgIpc) is 2.95. The Labute approximate surface area is 162 Å². The minimum Gasteiger partial charge on any atom is -0.357 e. The molecule has 1 aromatic rings. The molecule has 0 spiro atoms. The quantitative estimate of drug-likeness (QED) is 0.564. The van der Waals surface area contributed by atoms with Crippen molar-refractivity contribution in [1.82, 2.24) is 10.6 Å². The van der Waals surface area contributed by atoms with Crippen LogP contribution in [0.1, 0.15) is 34.1 Å². The van der Waals surface area contributed by atoms with Crippen molar-refractivity contribution in [1.29, 1.82) is 0 Å². The van der Waals surface area contributed by atoms with Crippen LogP contribution < -0.4 is 15.5 Å². The van der Waals surface area contributed by atoms with Crippen LogP contribution in [0.15, 0.2) is 35.3 Å². The second-order valence-electron chi connectivity index (χ2n) is 7.58. The highest BCUT2D eigenvalue weighted by molar-refractivity contribution is 7.92. The summed E-state index contributed by atoms with van der Waals surface area (Å²) in [6.45, 7) is 8.40. The summed E-state index contributed by atoms with van der Waals surface area (Å²) in [5.41, 5.74) is 0.880. The highest BCUT2D eigenvalue weighted by Gasteiger charge is 2.31. The van der Waals surface area contributed by atoms with Crippen LogP contribution in [-0.4, -0.2) is 56.5 Å². The zero-order valence-corrected chi connectivity index (χ0v) is 17.3. The van der Waals surface area contributed by atoms with Crippen LogP contribution >= 0.6 is 0 Å². The number of benzene rings is 1. The molecule has 1 amide bonds. The third-order valence-electron chi connectivity index (χ3n) is 4.44. The Morgan fingerprint density at radius 1 is 1.26 bits per heavy atom. The van der Waals surface area contributed by atoms with Gasteiger partial charge < -0.3 is 15.5 Å². The molecule has 0 aliphatic carbocycles. The monoisotopic (exact) mass is 394 g/mol. The lowest BCUT2D eigenvalue weighted by atomic mass is 10.2. The normalized spacial score (nSPS) is 18.7. The third kappa shape index (κ3) is 5.69. The zero-order chi connectivity index (χ0) is 20.1. The number of nitrogens with zero attached hydrogens (tertiary/aromatic N) is 2. The van der Waals surface area contributed by atoms with Gasteiger partial charge in [-0.3, -0.25) is 9.79 Å².